The smallest absolute Gasteiger partial charge is 0.321 e. The fraction of sp³-hybridized carbons (Fsp3) is 0.357. The molecule has 5 N–H and O–H groups in total. The van der Waals surface area contributed by atoms with Crippen LogP contribution >= 0.6 is 0 Å². The number of carboxylic acids is 1. The predicted octanol–water partition coefficient (Wildman–Crippen LogP) is 1.39. The number of fused-ring (bicyclic) bond motifs is 3. The second-order valence-electron chi connectivity index (χ2n) is 4.79. The fourth-order valence-electron chi connectivity index (χ4n) is 2.81. The number of aliphatic carboxylic acids is 1. The van der Waals surface area contributed by atoms with Crippen molar-refractivity contribution >= 4 is 16.9 Å². The molecule has 0 saturated carbocycles. The lowest BCUT2D eigenvalue weighted by Gasteiger charge is -2.28. The number of nitrogens with one attached hydrogen (secondary N) is 2. The Hall–Kier alpha value is -1.85. The van der Waals surface area contributed by atoms with Crippen molar-refractivity contribution in [2.75, 3.05) is 0 Å². The van der Waals surface area contributed by atoms with E-state index in [-0.39, 0.29) is 11.5 Å². The van der Waals surface area contributed by atoms with Gasteiger partial charge in [-0.2, -0.15) is 0 Å². The highest BCUT2D eigenvalue weighted by molar-refractivity contribution is 5.86. The molecule has 1 aliphatic heterocycles. The Labute approximate surface area is 110 Å². The van der Waals surface area contributed by atoms with Gasteiger partial charge in [0, 0.05) is 29.1 Å². The van der Waals surface area contributed by atoms with Crippen LogP contribution in [0.5, 0.6) is 0 Å². The van der Waals surface area contributed by atoms with E-state index in [2.05, 4.69) is 23.3 Å². The van der Waals surface area contributed by atoms with Crippen LogP contribution in [0.2, 0.25) is 0 Å². The minimum Gasteiger partial charge on any atom is -0.480 e. The van der Waals surface area contributed by atoms with Gasteiger partial charge in [-0.15, -0.1) is 0 Å². The van der Waals surface area contributed by atoms with Crippen LogP contribution in [0, 0.1) is 0 Å². The molecule has 2 aromatic rings. The van der Waals surface area contributed by atoms with Crippen molar-refractivity contribution in [1.29, 1.82) is 0 Å². The van der Waals surface area contributed by atoms with Gasteiger partial charge in [0.25, 0.3) is 0 Å². The van der Waals surface area contributed by atoms with Crippen molar-refractivity contribution in [3.63, 3.8) is 0 Å². The lowest BCUT2D eigenvalue weighted by Crippen LogP contribution is -2.44. The van der Waals surface area contributed by atoms with E-state index < -0.39 is 12.0 Å². The van der Waals surface area contributed by atoms with Crippen LogP contribution in [-0.4, -0.2) is 27.6 Å². The van der Waals surface area contributed by atoms with E-state index in [9.17, 15) is 9.90 Å². The Morgan fingerprint density at radius 3 is 2.84 bits per heavy atom. The first-order chi connectivity index (χ1) is 8.70. The third-order valence-corrected chi connectivity index (χ3v) is 3.71. The molecule has 0 spiro atoms. The molecule has 0 radical (unpaired) electrons. The zero-order valence-electron chi connectivity index (χ0n) is 10.7. The average Bonchev–Trinajstić information content (AvgIpc) is 2.76. The van der Waals surface area contributed by atoms with Crippen LogP contribution in [0.4, 0.5) is 0 Å². The molecule has 5 nitrogen and oxygen atoms in total. The second kappa shape index (κ2) is 5.03. The largest absolute Gasteiger partial charge is 0.480 e. The molecule has 0 amide bonds. The summed E-state index contributed by atoms with van der Waals surface area (Å²) in [6, 6.07) is 7.70. The topological polar surface area (TPSA) is 96.6 Å². The number of aromatic amines is 1. The molecule has 3 rings (SSSR count). The van der Waals surface area contributed by atoms with Crippen LogP contribution in [0.3, 0.4) is 0 Å². The average molecular weight is 262 g/mol. The normalized spacial score (nSPS) is 21.7. The number of benzene rings is 1. The number of hydrogen-bond donors (Lipinski definition) is 3. The molecule has 2 unspecified atom stereocenters. The summed E-state index contributed by atoms with van der Waals surface area (Å²) in [4.78, 5) is 14.6. The molecule has 102 valence electrons. The molecule has 0 saturated heterocycles. The van der Waals surface area contributed by atoms with Gasteiger partial charge in [-0.25, -0.2) is 0 Å². The highest BCUT2D eigenvalue weighted by Gasteiger charge is 2.31. The molecule has 0 bridgehead atoms. The Bertz CT molecular complexity index is 606. The van der Waals surface area contributed by atoms with Gasteiger partial charge in [-0.05, 0) is 18.1 Å². The SMILES string of the molecule is CCC1NC(C(=O)O)Cc2c1[nH]c1ccccc21.O. The highest BCUT2D eigenvalue weighted by Crippen LogP contribution is 2.32. The van der Waals surface area contributed by atoms with Gasteiger partial charge in [-0.1, -0.05) is 25.1 Å². The number of H-pyrrole nitrogens is 1. The highest BCUT2D eigenvalue weighted by atomic mass is 16.4. The van der Waals surface area contributed by atoms with Gasteiger partial charge in [0.2, 0.25) is 0 Å². The number of carbonyl (C=O) groups is 1. The van der Waals surface area contributed by atoms with Gasteiger partial charge in [0.1, 0.15) is 6.04 Å². The van der Waals surface area contributed by atoms with Crippen molar-refractivity contribution < 1.29 is 15.4 Å². The van der Waals surface area contributed by atoms with Crippen LogP contribution < -0.4 is 5.32 Å². The first-order valence-corrected chi connectivity index (χ1v) is 6.29. The summed E-state index contributed by atoms with van der Waals surface area (Å²) in [5.41, 5.74) is 3.40. The lowest BCUT2D eigenvalue weighted by molar-refractivity contribution is -0.139. The van der Waals surface area contributed by atoms with Crippen molar-refractivity contribution in [3.8, 4) is 0 Å². The van der Waals surface area contributed by atoms with Crippen molar-refractivity contribution in [2.24, 2.45) is 0 Å². The maximum Gasteiger partial charge on any atom is 0.321 e. The number of aromatic nitrogens is 1. The summed E-state index contributed by atoms with van der Waals surface area (Å²) >= 11 is 0. The zero-order chi connectivity index (χ0) is 12.7. The third kappa shape index (κ3) is 2.11. The van der Waals surface area contributed by atoms with E-state index in [0.29, 0.717) is 6.42 Å². The van der Waals surface area contributed by atoms with Crippen molar-refractivity contribution in [1.82, 2.24) is 10.3 Å². The summed E-state index contributed by atoms with van der Waals surface area (Å²) in [6.45, 7) is 2.07. The minimum absolute atomic E-state index is 0. The summed E-state index contributed by atoms with van der Waals surface area (Å²) in [7, 11) is 0. The summed E-state index contributed by atoms with van der Waals surface area (Å²) in [5.74, 6) is -0.774. The molecule has 0 fully saturated rings. The monoisotopic (exact) mass is 262 g/mol. The molecule has 1 aromatic heterocycles. The van der Waals surface area contributed by atoms with E-state index in [1.165, 1.54) is 0 Å². The van der Waals surface area contributed by atoms with Crippen LogP contribution in [0.15, 0.2) is 24.3 Å². The minimum atomic E-state index is -0.774. The Balaban J connectivity index is 0.00000133. The van der Waals surface area contributed by atoms with E-state index in [1.807, 2.05) is 18.2 Å². The molecule has 2 atom stereocenters. The van der Waals surface area contributed by atoms with E-state index in [1.54, 1.807) is 0 Å². The second-order valence-corrected chi connectivity index (χ2v) is 4.79. The summed E-state index contributed by atoms with van der Waals surface area (Å²) in [6.07, 6.45) is 1.43. The van der Waals surface area contributed by atoms with Crippen LogP contribution in [0.25, 0.3) is 10.9 Å². The Kier molecular flexibility index (Phi) is 3.59. The molecule has 5 heteroatoms. The number of carboxylic acid groups (broad SMARTS) is 1. The molecule has 2 heterocycles. The van der Waals surface area contributed by atoms with Crippen molar-refractivity contribution in [3.05, 3.63) is 35.5 Å². The molecule has 0 aliphatic carbocycles. The van der Waals surface area contributed by atoms with Crippen molar-refractivity contribution in [2.45, 2.75) is 31.8 Å². The summed E-state index contributed by atoms with van der Waals surface area (Å²) in [5, 5.41) is 13.6. The van der Waals surface area contributed by atoms with Crippen LogP contribution in [0.1, 0.15) is 30.6 Å². The van der Waals surface area contributed by atoms with Gasteiger partial charge in [0.05, 0.1) is 0 Å². The fourth-order valence-corrected chi connectivity index (χ4v) is 2.81. The molecule has 19 heavy (non-hydrogen) atoms. The predicted molar refractivity (Wildman–Crippen MR) is 73.2 cm³/mol. The maximum absolute atomic E-state index is 11.2. The zero-order valence-corrected chi connectivity index (χ0v) is 10.7. The quantitative estimate of drug-likeness (QED) is 0.763. The van der Waals surface area contributed by atoms with E-state index >= 15 is 0 Å². The van der Waals surface area contributed by atoms with Gasteiger partial charge < -0.3 is 15.6 Å². The number of para-hydroxylation sites is 1. The first kappa shape index (κ1) is 13.6. The Morgan fingerprint density at radius 2 is 2.16 bits per heavy atom. The molecule has 1 aromatic carbocycles. The maximum atomic E-state index is 11.2. The number of hydrogen-bond acceptors (Lipinski definition) is 2. The van der Waals surface area contributed by atoms with Gasteiger partial charge in [-0.3, -0.25) is 10.1 Å². The first-order valence-electron chi connectivity index (χ1n) is 6.29. The van der Waals surface area contributed by atoms with Gasteiger partial charge in [0.15, 0.2) is 0 Å². The third-order valence-electron chi connectivity index (χ3n) is 3.71. The van der Waals surface area contributed by atoms with E-state index in [4.69, 9.17) is 0 Å². The standard InChI is InChI=1S/C14H16N2O2.H2O/c1-2-10-13-9(7-12(15-10)14(17)18)8-5-3-4-6-11(8)16-13;/h3-6,10,12,15-16H,2,7H2,1H3,(H,17,18);1H2. The Morgan fingerprint density at radius 1 is 1.42 bits per heavy atom. The van der Waals surface area contributed by atoms with E-state index in [0.717, 1.165) is 28.6 Å². The van der Waals surface area contributed by atoms with Gasteiger partial charge >= 0.3 is 5.97 Å². The molecular formula is C14H18N2O3. The van der Waals surface area contributed by atoms with Crippen LogP contribution in [-0.2, 0) is 11.2 Å². The summed E-state index contributed by atoms with van der Waals surface area (Å²) < 4.78 is 0. The molecular weight excluding hydrogens is 244 g/mol. The number of rotatable bonds is 2. The lowest BCUT2D eigenvalue weighted by atomic mass is 9.93. The molecule has 1 aliphatic rings.